The van der Waals surface area contributed by atoms with Gasteiger partial charge in [-0.25, -0.2) is 4.68 Å². The third-order valence-corrected chi connectivity index (χ3v) is 4.51. The molecule has 0 spiro atoms. The van der Waals surface area contributed by atoms with Crippen LogP contribution in [-0.4, -0.2) is 26.3 Å². The highest BCUT2D eigenvalue weighted by Gasteiger charge is 2.26. The first-order valence-electron chi connectivity index (χ1n) is 8.74. The number of amides is 1. The maximum absolute atomic E-state index is 11.4. The van der Waals surface area contributed by atoms with E-state index in [0.717, 1.165) is 11.3 Å². The molecule has 8 nitrogen and oxygen atoms in total. The Labute approximate surface area is 160 Å². The average molecular weight is 375 g/mol. The minimum absolute atomic E-state index is 0.0206. The zero-order valence-corrected chi connectivity index (χ0v) is 15.3. The number of rotatable bonds is 3. The van der Waals surface area contributed by atoms with Gasteiger partial charge < -0.3 is 5.32 Å². The van der Waals surface area contributed by atoms with E-state index in [-0.39, 0.29) is 17.6 Å². The summed E-state index contributed by atoms with van der Waals surface area (Å²) in [6.07, 6.45) is 0. The molecule has 28 heavy (non-hydrogen) atoms. The lowest BCUT2D eigenvalue weighted by molar-refractivity contribution is -0.384. The number of aromatic nitrogens is 2. The zero-order valence-electron chi connectivity index (χ0n) is 15.3. The van der Waals surface area contributed by atoms with Crippen molar-refractivity contribution in [2.24, 2.45) is 4.99 Å². The normalized spacial score (nSPS) is 15.1. The number of fused-ring (bicyclic) bond motifs is 3. The molecule has 1 N–H and O–H groups in total. The molecule has 4 rings (SSSR count). The Morgan fingerprint density at radius 2 is 1.93 bits per heavy atom. The number of aliphatic imine (C=N–C) groups is 1. The number of hydrogen-bond donors (Lipinski definition) is 1. The molecule has 2 heterocycles. The predicted molar refractivity (Wildman–Crippen MR) is 105 cm³/mol. The summed E-state index contributed by atoms with van der Waals surface area (Å²) in [5.41, 5.74) is 3.58. The highest BCUT2D eigenvalue weighted by Crippen LogP contribution is 2.33. The van der Waals surface area contributed by atoms with Crippen LogP contribution in [0.5, 0.6) is 0 Å². The first-order chi connectivity index (χ1) is 13.4. The van der Waals surface area contributed by atoms with Crippen LogP contribution in [0.2, 0.25) is 0 Å². The van der Waals surface area contributed by atoms with Gasteiger partial charge in [-0.2, -0.15) is 0 Å². The highest BCUT2D eigenvalue weighted by atomic mass is 16.6. The summed E-state index contributed by atoms with van der Waals surface area (Å²) < 4.78 is 1.69. The number of non-ortho nitro benzene ring substituents is 1. The van der Waals surface area contributed by atoms with Crippen molar-refractivity contribution in [3.8, 4) is 5.69 Å². The van der Waals surface area contributed by atoms with Crippen LogP contribution in [0, 0.1) is 10.1 Å². The van der Waals surface area contributed by atoms with E-state index in [1.165, 1.54) is 19.1 Å². The van der Waals surface area contributed by atoms with Gasteiger partial charge in [0.05, 0.1) is 28.1 Å². The molecule has 1 amide bonds. The number of benzene rings is 2. The van der Waals surface area contributed by atoms with E-state index in [9.17, 15) is 14.9 Å². The quantitative estimate of drug-likeness (QED) is 0.557. The fraction of sp³-hybridized carbons (Fsp3) is 0.150. The number of hydrogen-bond acceptors (Lipinski definition) is 5. The first kappa shape index (κ1) is 17.6. The number of anilines is 1. The number of nitro benzene ring substituents is 1. The van der Waals surface area contributed by atoms with E-state index < -0.39 is 4.92 Å². The molecule has 1 aliphatic rings. The molecule has 0 radical (unpaired) electrons. The maximum Gasteiger partial charge on any atom is 0.270 e. The summed E-state index contributed by atoms with van der Waals surface area (Å²) in [5.74, 6) is 0.190. The van der Waals surface area contributed by atoms with E-state index in [2.05, 4.69) is 10.4 Å². The SMILES string of the molecule is CC(=O)Nc1cc2n(n1)-c1ccc([N+](=O)[O-])cc1C(c1ccccc1)=NC2C. The van der Waals surface area contributed by atoms with E-state index in [1.54, 1.807) is 16.8 Å². The van der Waals surface area contributed by atoms with Gasteiger partial charge in [-0.3, -0.25) is 19.9 Å². The molecular weight excluding hydrogens is 358 g/mol. The van der Waals surface area contributed by atoms with Gasteiger partial charge >= 0.3 is 0 Å². The summed E-state index contributed by atoms with van der Waals surface area (Å²) in [6, 6.07) is 15.7. The van der Waals surface area contributed by atoms with Gasteiger partial charge in [0, 0.05) is 36.2 Å². The Kier molecular flexibility index (Phi) is 4.23. The van der Waals surface area contributed by atoms with Gasteiger partial charge in [0.1, 0.15) is 0 Å². The lowest BCUT2D eigenvalue weighted by Gasteiger charge is -2.11. The molecule has 0 fully saturated rings. The molecule has 2 aromatic carbocycles. The lowest BCUT2D eigenvalue weighted by Crippen LogP contribution is -2.10. The van der Waals surface area contributed by atoms with Gasteiger partial charge in [-0.1, -0.05) is 30.3 Å². The van der Waals surface area contributed by atoms with Gasteiger partial charge in [0.2, 0.25) is 5.91 Å². The van der Waals surface area contributed by atoms with Crippen molar-refractivity contribution >= 4 is 23.1 Å². The summed E-state index contributed by atoms with van der Waals surface area (Å²) in [7, 11) is 0. The van der Waals surface area contributed by atoms with Gasteiger partial charge in [0.25, 0.3) is 5.69 Å². The Morgan fingerprint density at radius 1 is 1.18 bits per heavy atom. The minimum Gasteiger partial charge on any atom is -0.309 e. The number of nitrogens with zero attached hydrogens (tertiary/aromatic N) is 4. The van der Waals surface area contributed by atoms with Gasteiger partial charge in [-0.05, 0) is 13.0 Å². The van der Waals surface area contributed by atoms with Crippen molar-refractivity contribution in [3.05, 3.63) is 81.5 Å². The molecule has 3 aromatic rings. The summed E-state index contributed by atoms with van der Waals surface area (Å²) >= 11 is 0. The topological polar surface area (TPSA) is 102 Å². The Morgan fingerprint density at radius 3 is 2.61 bits per heavy atom. The van der Waals surface area contributed by atoms with E-state index in [0.29, 0.717) is 22.8 Å². The van der Waals surface area contributed by atoms with Crippen LogP contribution in [0.25, 0.3) is 5.69 Å². The number of nitro groups is 1. The molecule has 0 saturated heterocycles. The monoisotopic (exact) mass is 375 g/mol. The smallest absolute Gasteiger partial charge is 0.270 e. The first-order valence-corrected chi connectivity index (χ1v) is 8.74. The Balaban J connectivity index is 1.97. The lowest BCUT2D eigenvalue weighted by atomic mass is 10.00. The van der Waals surface area contributed by atoms with Crippen LogP contribution >= 0.6 is 0 Å². The minimum atomic E-state index is -0.427. The average Bonchev–Trinajstić information content (AvgIpc) is 3.04. The molecule has 1 aliphatic heterocycles. The Hall–Kier alpha value is -3.81. The van der Waals surface area contributed by atoms with Gasteiger partial charge in [-0.15, -0.1) is 5.10 Å². The fourth-order valence-electron chi connectivity index (χ4n) is 3.29. The number of nitrogens with one attached hydrogen (secondary N) is 1. The van der Waals surface area contributed by atoms with Crippen LogP contribution in [0.15, 0.2) is 59.6 Å². The second kappa shape index (κ2) is 6.73. The van der Waals surface area contributed by atoms with Crippen LogP contribution in [0.4, 0.5) is 11.5 Å². The number of carbonyl (C=O) groups is 1. The van der Waals surface area contributed by atoms with E-state index >= 15 is 0 Å². The third-order valence-electron chi connectivity index (χ3n) is 4.51. The summed E-state index contributed by atoms with van der Waals surface area (Å²) in [6.45, 7) is 3.34. The van der Waals surface area contributed by atoms with Crippen LogP contribution in [0.3, 0.4) is 0 Å². The third kappa shape index (κ3) is 3.05. The molecule has 8 heteroatoms. The fourth-order valence-corrected chi connectivity index (χ4v) is 3.29. The molecule has 1 aromatic heterocycles. The predicted octanol–water partition coefficient (Wildman–Crippen LogP) is 3.65. The molecule has 1 atom stereocenters. The van der Waals surface area contributed by atoms with Crippen LogP contribution in [0.1, 0.15) is 36.7 Å². The number of carbonyl (C=O) groups excluding carboxylic acids is 1. The maximum atomic E-state index is 11.4. The highest BCUT2D eigenvalue weighted by molar-refractivity contribution is 6.15. The van der Waals surface area contributed by atoms with Crippen LogP contribution in [-0.2, 0) is 4.79 Å². The molecular formula is C20H17N5O3. The van der Waals surface area contributed by atoms with Crippen molar-refractivity contribution in [1.82, 2.24) is 9.78 Å². The van der Waals surface area contributed by atoms with Crippen molar-refractivity contribution in [1.29, 1.82) is 0 Å². The zero-order chi connectivity index (χ0) is 19.8. The van der Waals surface area contributed by atoms with Crippen molar-refractivity contribution in [2.75, 3.05) is 5.32 Å². The summed E-state index contributed by atoms with van der Waals surface area (Å²) in [5, 5.41) is 18.5. The molecule has 0 saturated carbocycles. The van der Waals surface area contributed by atoms with E-state index in [4.69, 9.17) is 4.99 Å². The van der Waals surface area contributed by atoms with E-state index in [1.807, 2.05) is 37.3 Å². The molecule has 1 unspecified atom stereocenters. The van der Waals surface area contributed by atoms with Crippen molar-refractivity contribution < 1.29 is 9.72 Å². The molecule has 0 bridgehead atoms. The van der Waals surface area contributed by atoms with Crippen LogP contribution < -0.4 is 5.32 Å². The molecule has 140 valence electrons. The Bertz CT molecular complexity index is 1120. The second-order valence-corrected chi connectivity index (χ2v) is 6.53. The largest absolute Gasteiger partial charge is 0.309 e. The van der Waals surface area contributed by atoms with Crippen molar-refractivity contribution in [2.45, 2.75) is 19.9 Å². The molecule has 0 aliphatic carbocycles. The van der Waals surface area contributed by atoms with Crippen molar-refractivity contribution in [3.63, 3.8) is 0 Å². The van der Waals surface area contributed by atoms with Gasteiger partial charge in [0.15, 0.2) is 5.82 Å². The summed E-state index contributed by atoms with van der Waals surface area (Å²) in [4.78, 5) is 27.2. The second-order valence-electron chi connectivity index (χ2n) is 6.53. The standard InChI is InChI=1S/C20H17N5O3/c1-12-18-11-19(22-13(2)26)23-24(18)17-9-8-15(25(27)28)10-16(17)20(21-12)14-6-4-3-5-7-14/h3-12H,1-2H3,(H,22,23,26).